The molecule has 0 unspecified atom stereocenters. The maximum atomic E-state index is 12.9. The van der Waals surface area contributed by atoms with Crippen LogP contribution in [-0.4, -0.2) is 61.5 Å². The van der Waals surface area contributed by atoms with Crippen LogP contribution >= 0.6 is 0 Å². The number of halogens is 5. The molecule has 0 fully saturated rings. The average molecular weight is 321 g/mol. The normalized spacial score (nSPS) is 11.6. The summed E-state index contributed by atoms with van der Waals surface area (Å²) in [4.78, 5) is 43.2. The van der Waals surface area contributed by atoms with Crippen LogP contribution in [0.4, 0.5) is 22.0 Å². The molecule has 0 spiro atoms. The van der Waals surface area contributed by atoms with Crippen molar-refractivity contribution in [3.8, 4) is 0 Å². The van der Waals surface area contributed by atoms with E-state index < -0.39 is 47.3 Å². The van der Waals surface area contributed by atoms with Crippen molar-refractivity contribution in [2.75, 3.05) is 20.8 Å². The highest BCUT2D eigenvalue weighted by atomic mass is 19.4. The summed E-state index contributed by atoms with van der Waals surface area (Å²) in [6.07, 6.45) is -6.32. The quantitative estimate of drug-likeness (QED) is 0.409. The van der Waals surface area contributed by atoms with E-state index >= 15 is 0 Å². The topological polar surface area (TPSA) is 90.0 Å². The Bertz CT molecular complexity index is 460. The van der Waals surface area contributed by atoms with E-state index in [2.05, 4.69) is 9.47 Å². The van der Waals surface area contributed by atoms with Gasteiger partial charge in [0.25, 0.3) is 0 Å². The lowest BCUT2D eigenvalue weighted by Crippen LogP contribution is -2.56. The summed E-state index contributed by atoms with van der Waals surface area (Å²) in [7, 11) is 1.33. The summed E-state index contributed by atoms with van der Waals surface area (Å²) in [5.41, 5.74) is 0. The SMILES string of the molecule is COC(=O)CN(C(=O)C(=O)OC)C(=O)C(F)(F)C(F)(F)F. The van der Waals surface area contributed by atoms with Gasteiger partial charge in [0.2, 0.25) is 0 Å². The van der Waals surface area contributed by atoms with Crippen LogP contribution < -0.4 is 0 Å². The molecule has 2 amide bonds. The van der Waals surface area contributed by atoms with E-state index in [1.807, 2.05) is 0 Å². The van der Waals surface area contributed by atoms with Crippen molar-refractivity contribution in [2.45, 2.75) is 12.1 Å². The van der Waals surface area contributed by atoms with Crippen LogP contribution in [0.5, 0.6) is 0 Å². The highest BCUT2D eigenvalue weighted by Crippen LogP contribution is 2.36. The molecule has 0 aliphatic carbocycles. The van der Waals surface area contributed by atoms with E-state index in [1.165, 1.54) is 0 Å². The third-order valence-electron chi connectivity index (χ3n) is 1.99. The van der Waals surface area contributed by atoms with Gasteiger partial charge in [-0.3, -0.25) is 19.3 Å². The predicted molar refractivity (Wildman–Crippen MR) is 51.8 cm³/mol. The van der Waals surface area contributed by atoms with Crippen molar-refractivity contribution < 1.29 is 50.6 Å². The zero-order valence-corrected chi connectivity index (χ0v) is 10.5. The summed E-state index contributed by atoms with van der Waals surface area (Å²) in [6, 6.07) is 0. The van der Waals surface area contributed by atoms with Gasteiger partial charge < -0.3 is 9.47 Å². The van der Waals surface area contributed by atoms with Crippen LogP contribution in [-0.2, 0) is 28.7 Å². The fraction of sp³-hybridized carbons (Fsp3) is 0.556. The van der Waals surface area contributed by atoms with Gasteiger partial charge in [-0.2, -0.15) is 22.0 Å². The monoisotopic (exact) mass is 321 g/mol. The van der Waals surface area contributed by atoms with Crippen LogP contribution in [0.3, 0.4) is 0 Å². The Labute approximate surface area is 113 Å². The molecule has 0 radical (unpaired) electrons. The Balaban J connectivity index is 5.60. The standard InChI is InChI=1S/C9H8F5NO6/c1-20-4(16)3-15(5(17)6(18)21-2)7(19)8(10,11)9(12,13)14/h3H2,1-2H3. The number of hydrogen-bond acceptors (Lipinski definition) is 6. The number of hydrogen-bond donors (Lipinski definition) is 0. The first-order valence-electron chi connectivity index (χ1n) is 4.85. The van der Waals surface area contributed by atoms with Gasteiger partial charge >= 0.3 is 35.9 Å². The van der Waals surface area contributed by atoms with E-state index in [0.717, 1.165) is 7.11 Å². The Kier molecular flexibility index (Phi) is 5.76. The molecule has 0 rings (SSSR count). The van der Waals surface area contributed by atoms with Crippen LogP contribution in [0.1, 0.15) is 0 Å². The number of amides is 2. The van der Waals surface area contributed by atoms with Crippen molar-refractivity contribution in [1.29, 1.82) is 0 Å². The van der Waals surface area contributed by atoms with Gasteiger partial charge in [0.15, 0.2) is 0 Å². The highest BCUT2D eigenvalue weighted by Gasteiger charge is 2.65. The lowest BCUT2D eigenvalue weighted by molar-refractivity contribution is -0.273. The van der Waals surface area contributed by atoms with Gasteiger partial charge in [-0.05, 0) is 0 Å². The molecule has 12 heteroatoms. The maximum absolute atomic E-state index is 12.9. The fourth-order valence-electron chi connectivity index (χ4n) is 0.918. The number of alkyl halides is 5. The number of nitrogens with zero attached hydrogens (tertiary/aromatic N) is 1. The number of ether oxygens (including phenoxy) is 2. The van der Waals surface area contributed by atoms with Crippen LogP contribution in [0, 0.1) is 0 Å². The molecule has 7 nitrogen and oxygen atoms in total. The highest BCUT2D eigenvalue weighted by molar-refractivity contribution is 6.36. The molecule has 0 aliphatic rings. The molecule has 0 aromatic carbocycles. The first-order chi connectivity index (χ1) is 9.40. The van der Waals surface area contributed by atoms with Crippen molar-refractivity contribution in [3.05, 3.63) is 0 Å². The van der Waals surface area contributed by atoms with Crippen molar-refractivity contribution in [2.24, 2.45) is 0 Å². The molecule has 0 atom stereocenters. The molecule has 0 saturated carbocycles. The molecule has 0 aromatic rings. The summed E-state index contributed by atoms with van der Waals surface area (Å²) in [5, 5.41) is 0. The Morgan fingerprint density at radius 2 is 1.43 bits per heavy atom. The number of esters is 2. The minimum atomic E-state index is -6.32. The molecule has 0 bridgehead atoms. The average Bonchev–Trinajstić information content (AvgIpc) is 2.40. The molecule has 0 aromatic heterocycles. The van der Waals surface area contributed by atoms with E-state index in [-0.39, 0.29) is 0 Å². The largest absolute Gasteiger partial charge is 0.468 e. The zero-order chi connectivity index (χ0) is 17.0. The minimum absolute atomic E-state index is 0.614. The van der Waals surface area contributed by atoms with Crippen molar-refractivity contribution in [1.82, 2.24) is 4.90 Å². The van der Waals surface area contributed by atoms with Gasteiger partial charge in [0.05, 0.1) is 14.2 Å². The van der Waals surface area contributed by atoms with E-state index in [9.17, 15) is 41.1 Å². The number of carbonyl (C=O) groups is 4. The summed E-state index contributed by atoms with van der Waals surface area (Å²) in [6.45, 7) is -1.62. The Morgan fingerprint density at radius 3 is 1.76 bits per heavy atom. The van der Waals surface area contributed by atoms with Gasteiger partial charge in [-0.1, -0.05) is 0 Å². The first kappa shape index (κ1) is 18.7. The third-order valence-corrected chi connectivity index (χ3v) is 1.99. The van der Waals surface area contributed by atoms with E-state index in [4.69, 9.17) is 0 Å². The third kappa shape index (κ3) is 4.10. The molecular formula is C9H8F5NO6. The smallest absolute Gasteiger partial charge is 0.463 e. The molecule has 0 saturated heterocycles. The number of rotatable bonds is 3. The lowest BCUT2D eigenvalue weighted by atomic mass is 10.2. The molecule has 120 valence electrons. The Morgan fingerprint density at radius 1 is 0.952 bits per heavy atom. The van der Waals surface area contributed by atoms with Gasteiger partial charge in [0, 0.05) is 0 Å². The van der Waals surface area contributed by atoms with Crippen molar-refractivity contribution >= 4 is 23.8 Å². The maximum Gasteiger partial charge on any atom is 0.463 e. The predicted octanol–water partition coefficient (Wildman–Crippen LogP) is -0.115. The van der Waals surface area contributed by atoms with Gasteiger partial charge in [-0.25, -0.2) is 4.79 Å². The summed E-state index contributed by atoms with van der Waals surface area (Å²) in [5.74, 6) is -14.7. The second kappa shape index (κ2) is 6.45. The zero-order valence-electron chi connectivity index (χ0n) is 10.5. The van der Waals surface area contributed by atoms with Crippen LogP contribution in [0.2, 0.25) is 0 Å². The van der Waals surface area contributed by atoms with Gasteiger partial charge in [-0.15, -0.1) is 0 Å². The molecular weight excluding hydrogens is 313 g/mol. The minimum Gasteiger partial charge on any atom is -0.468 e. The second-order valence-corrected chi connectivity index (χ2v) is 3.34. The summed E-state index contributed by atoms with van der Waals surface area (Å²) >= 11 is 0. The fourth-order valence-corrected chi connectivity index (χ4v) is 0.918. The Hall–Kier alpha value is -2.27. The van der Waals surface area contributed by atoms with Crippen molar-refractivity contribution in [3.63, 3.8) is 0 Å². The van der Waals surface area contributed by atoms with Crippen LogP contribution in [0.25, 0.3) is 0 Å². The van der Waals surface area contributed by atoms with Crippen LogP contribution in [0.15, 0.2) is 0 Å². The number of methoxy groups -OCH3 is 2. The second-order valence-electron chi connectivity index (χ2n) is 3.34. The molecule has 0 aliphatic heterocycles. The number of imide groups is 1. The van der Waals surface area contributed by atoms with Gasteiger partial charge in [0.1, 0.15) is 6.54 Å². The lowest BCUT2D eigenvalue weighted by Gasteiger charge is -2.24. The first-order valence-corrected chi connectivity index (χ1v) is 4.85. The number of carbonyl (C=O) groups excluding carboxylic acids is 4. The summed E-state index contributed by atoms with van der Waals surface area (Å²) < 4.78 is 69.7. The molecule has 21 heavy (non-hydrogen) atoms. The molecule has 0 N–H and O–H groups in total. The van der Waals surface area contributed by atoms with E-state index in [0.29, 0.717) is 7.11 Å². The molecule has 0 heterocycles. The van der Waals surface area contributed by atoms with E-state index in [1.54, 1.807) is 0 Å².